The zero-order valence-corrected chi connectivity index (χ0v) is 16.0. The van der Waals surface area contributed by atoms with Crippen molar-refractivity contribution in [1.82, 2.24) is 15.0 Å². The summed E-state index contributed by atoms with van der Waals surface area (Å²) in [5.41, 5.74) is 2.90. The molecule has 2 N–H and O–H groups in total. The van der Waals surface area contributed by atoms with Crippen molar-refractivity contribution in [3.8, 4) is 11.5 Å². The second-order valence-corrected chi connectivity index (χ2v) is 6.49. The van der Waals surface area contributed by atoms with Crippen LogP contribution in [0.1, 0.15) is 11.3 Å². The molecule has 0 spiro atoms. The van der Waals surface area contributed by atoms with Gasteiger partial charge >= 0.3 is 0 Å². The molecule has 0 amide bonds. The van der Waals surface area contributed by atoms with Gasteiger partial charge in [-0.05, 0) is 61.0 Å². The van der Waals surface area contributed by atoms with Crippen molar-refractivity contribution in [3.05, 3.63) is 96.4 Å². The number of aryl methyl sites for hydroxylation is 1. The maximum atomic E-state index is 5.82. The van der Waals surface area contributed by atoms with Crippen LogP contribution in [0, 0.1) is 6.92 Å². The fourth-order valence-corrected chi connectivity index (χ4v) is 2.77. The van der Waals surface area contributed by atoms with E-state index in [4.69, 9.17) is 4.74 Å². The van der Waals surface area contributed by atoms with Gasteiger partial charge in [-0.15, -0.1) is 0 Å². The van der Waals surface area contributed by atoms with Crippen molar-refractivity contribution in [2.75, 3.05) is 10.6 Å². The Morgan fingerprint density at radius 1 is 0.828 bits per heavy atom. The van der Waals surface area contributed by atoms with Gasteiger partial charge in [-0.3, -0.25) is 4.98 Å². The minimum atomic E-state index is 0.541. The first-order valence-electron chi connectivity index (χ1n) is 9.33. The summed E-state index contributed by atoms with van der Waals surface area (Å²) in [6.45, 7) is 2.62. The maximum Gasteiger partial charge on any atom is 0.229 e. The normalized spacial score (nSPS) is 10.4. The van der Waals surface area contributed by atoms with Crippen molar-refractivity contribution < 1.29 is 4.74 Å². The molecular formula is C23H21N5O. The fourth-order valence-electron chi connectivity index (χ4n) is 2.77. The predicted octanol–water partition coefficient (Wildman–Crippen LogP) is 5.33. The molecule has 4 aromatic rings. The number of ether oxygens (including phenoxy) is 1. The average Bonchev–Trinajstić information content (AvgIpc) is 2.75. The van der Waals surface area contributed by atoms with E-state index in [1.807, 2.05) is 79.7 Å². The van der Waals surface area contributed by atoms with Gasteiger partial charge in [-0.2, -0.15) is 4.98 Å². The second-order valence-electron chi connectivity index (χ2n) is 6.49. The highest BCUT2D eigenvalue weighted by atomic mass is 16.5. The molecule has 6 heteroatoms. The Morgan fingerprint density at radius 2 is 1.55 bits per heavy atom. The molecule has 0 aliphatic heterocycles. The summed E-state index contributed by atoms with van der Waals surface area (Å²) in [6, 6.07) is 23.3. The van der Waals surface area contributed by atoms with Crippen LogP contribution in [-0.4, -0.2) is 15.0 Å². The molecule has 2 heterocycles. The number of para-hydroxylation sites is 1. The highest BCUT2D eigenvalue weighted by Gasteiger charge is 2.04. The van der Waals surface area contributed by atoms with E-state index >= 15 is 0 Å². The van der Waals surface area contributed by atoms with Crippen LogP contribution in [0.2, 0.25) is 0 Å². The van der Waals surface area contributed by atoms with Gasteiger partial charge in [-0.1, -0.05) is 18.2 Å². The number of benzene rings is 2. The standard InChI is InChI=1S/C23H21N5O/c1-17-15-22(25-16-18-11-13-24-14-12-18)28-23(26-17)27-19-7-9-21(10-8-19)29-20-5-3-2-4-6-20/h2-15H,16H2,1H3,(H2,25,26,27,28). The Bertz CT molecular complexity index is 1050. The van der Waals surface area contributed by atoms with Gasteiger partial charge in [0, 0.05) is 36.4 Å². The Balaban J connectivity index is 1.41. The number of nitrogens with zero attached hydrogens (tertiary/aromatic N) is 3. The number of nitrogens with one attached hydrogen (secondary N) is 2. The van der Waals surface area contributed by atoms with Crippen LogP contribution in [0.3, 0.4) is 0 Å². The van der Waals surface area contributed by atoms with Crippen LogP contribution < -0.4 is 15.4 Å². The topological polar surface area (TPSA) is 72.0 Å². The molecule has 0 atom stereocenters. The molecule has 0 aliphatic rings. The van der Waals surface area contributed by atoms with E-state index in [0.717, 1.165) is 34.3 Å². The van der Waals surface area contributed by atoms with Crippen molar-refractivity contribution >= 4 is 17.5 Å². The maximum absolute atomic E-state index is 5.82. The number of rotatable bonds is 7. The molecule has 0 bridgehead atoms. The van der Waals surface area contributed by atoms with Crippen LogP contribution in [0.25, 0.3) is 0 Å². The summed E-state index contributed by atoms with van der Waals surface area (Å²) in [5, 5.41) is 6.57. The lowest BCUT2D eigenvalue weighted by Crippen LogP contribution is -2.05. The van der Waals surface area contributed by atoms with Gasteiger partial charge in [-0.25, -0.2) is 4.98 Å². The molecule has 0 fully saturated rings. The minimum absolute atomic E-state index is 0.541. The largest absolute Gasteiger partial charge is 0.457 e. The van der Waals surface area contributed by atoms with Crippen LogP contribution in [0.5, 0.6) is 11.5 Å². The molecule has 0 unspecified atom stereocenters. The molecule has 2 aromatic heterocycles. The smallest absolute Gasteiger partial charge is 0.229 e. The molecule has 0 aliphatic carbocycles. The van der Waals surface area contributed by atoms with Crippen LogP contribution in [-0.2, 0) is 6.54 Å². The minimum Gasteiger partial charge on any atom is -0.457 e. The lowest BCUT2D eigenvalue weighted by atomic mass is 10.3. The molecular weight excluding hydrogens is 362 g/mol. The highest BCUT2D eigenvalue weighted by Crippen LogP contribution is 2.24. The monoisotopic (exact) mass is 383 g/mol. The number of anilines is 3. The third-order valence-corrected chi connectivity index (χ3v) is 4.17. The van der Waals surface area contributed by atoms with Crippen LogP contribution >= 0.6 is 0 Å². The summed E-state index contributed by atoms with van der Waals surface area (Å²) in [5.74, 6) is 2.88. The first-order chi connectivity index (χ1) is 14.2. The predicted molar refractivity (Wildman–Crippen MR) is 115 cm³/mol. The van der Waals surface area contributed by atoms with E-state index < -0.39 is 0 Å². The third kappa shape index (κ3) is 5.29. The third-order valence-electron chi connectivity index (χ3n) is 4.17. The van der Waals surface area contributed by atoms with Gasteiger partial charge < -0.3 is 15.4 Å². The van der Waals surface area contributed by atoms with Gasteiger partial charge in [0.05, 0.1) is 0 Å². The van der Waals surface area contributed by atoms with Gasteiger partial charge in [0.25, 0.3) is 0 Å². The first-order valence-corrected chi connectivity index (χ1v) is 9.33. The number of pyridine rings is 1. The van der Waals surface area contributed by atoms with E-state index in [2.05, 4.69) is 25.6 Å². The number of hydrogen-bond acceptors (Lipinski definition) is 6. The first kappa shape index (κ1) is 18.4. The molecule has 0 radical (unpaired) electrons. The summed E-state index contributed by atoms with van der Waals surface area (Å²) in [7, 11) is 0. The molecule has 4 rings (SSSR count). The Hall–Kier alpha value is -3.93. The van der Waals surface area contributed by atoms with Gasteiger partial charge in [0.15, 0.2) is 0 Å². The molecule has 6 nitrogen and oxygen atoms in total. The zero-order valence-electron chi connectivity index (χ0n) is 16.0. The van der Waals surface area contributed by atoms with Crippen LogP contribution in [0.4, 0.5) is 17.5 Å². The van der Waals surface area contributed by atoms with E-state index in [1.54, 1.807) is 12.4 Å². The summed E-state index contributed by atoms with van der Waals surface area (Å²) in [4.78, 5) is 13.1. The van der Waals surface area contributed by atoms with E-state index in [1.165, 1.54) is 0 Å². The van der Waals surface area contributed by atoms with E-state index in [0.29, 0.717) is 12.5 Å². The van der Waals surface area contributed by atoms with Crippen molar-refractivity contribution in [2.45, 2.75) is 13.5 Å². The van der Waals surface area contributed by atoms with Gasteiger partial charge in [0.2, 0.25) is 5.95 Å². The SMILES string of the molecule is Cc1cc(NCc2ccncc2)nc(Nc2ccc(Oc3ccccc3)cc2)n1. The quantitative estimate of drug-likeness (QED) is 0.449. The van der Waals surface area contributed by atoms with Crippen molar-refractivity contribution in [3.63, 3.8) is 0 Å². The molecule has 0 saturated heterocycles. The molecule has 29 heavy (non-hydrogen) atoms. The molecule has 0 saturated carbocycles. The van der Waals surface area contributed by atoms with E-state index in [9.17, 15) is 0 Å². The Morgan fingerprint density at radius 3 is 2.31 bits per heavy atom. The van der Waals surface area contributed by atoms with Crippen molar-refractivity contribution in [1.29, 1.82) is 0 Å². The lowest BCUT2D eigenvalue weighted by molar-refractivity contribution is 0.483. The van der Waals surface area contributed by atoms with Gasteiger partial charge in [0.1, 0.15) is 17.3 Å². The Labute approximate surface area is 169 Å². The Kier molecular flexibility index (Phi) is 5.62. The average molecular weight is 383 g/mol. The lowest BCUT2D eigenvalue weighted by Gasteiger charge is -2.11. The summed E-state index contributed by atoms with van der Waals surface area (Å²) in [6.07, 6.45) is 3.56. The number of hydrogen-bond donors (Lipinski definition) is 2. The molecule has 144 valence electrons. The highest BCUT2D eigenvalue weighted by molar-refractivity contribution is 5.56. The summed E-state index contributed by atoms with van der Waals surface area (Å²) >= 11 is 0. The number of aromatic nitrogens is 3. The fraction of sp³-hybridized carbons (Fsp3) is 0.0870. The summed E-state index contributed by atoms with van der Waals surface area (Å²) < 4.78 is 5.82. The van der Waals surface area contributed by atoms with Crippen molar-refractivity contribution in [2.24, 2.45) is 0 Å². The molecule has 2 aromatic carbocycles. The van der Waals surface area contributed by atoms with Crippen LogP contribution in [0.15, 0.2) is 85.2 Å². The zero-order chi connectivity index (χ0) is 19.9. The second kappa shape index (κ2) is 8.84. The van der Waals surface area contributed by atoms with E-state index in [-0.39, 0.29) is 0 Å².